The van der Waals surface area contributed by atoms with Crippen LogP contribution in [0.25, 0.3) is 0 Å². The van der Waals surface area contributed by atoms with Gasteiger partial charge in [-0.2, -0.15) is 0 Å². The second-order valence-electron chi connectivity index (χ2n) is 7.79. The van der Waals surface area contributed by atoms with Crippen LogP contribution in [0.15, 0.2) is 51.6 Å². The molecule has 158 valence electrons. The number of likely N-dealkylation sites (tertiary alicyclic amines) is 1. The van der Waals surface area contributed by atoms with Gasteiger partial charge in [0.15, 0.2) is 5.17 Å². The number of thioether (sulfide) groups is 1. The minimum Gasteiger partial charge on any atom is -0.463 e. The van der Waals surface area contributed by atoms with Crippen molar-refractivity contribution in [1.82, 2.24) is 9.80 Å². The van der Waals surface area contributed by atoms with Gasteiger partial charge in [0.05, 0.1) is 30.3 Å². The molecule has 1 saturated heterocycles. The number of amides is 1. The van der Waals surface area contributed by atoms with Crippen LogP contribution in [0.2, 0.25) is 0 Å². The second-order valence-corrected chi connectivity index (χ2v) is 8.63. The Morgan fingerprint density at radius 3 is 2.53 bits per heavy atom. The number of fused-ring (bicyclic) bond motifs is 1. The molecule has 7 heteroatoms. The van der Waals surface area contributed by atoms with Gasteiger partial charge in [-0.3, -0.25) is 4.79 Å². The maximum absolute atomic E-state index is 12.9. The first-order chi connectivity index (χ1) is 14.5. The Morgan fingerprint density at radius 2 is 1.87 bits per heavy atom. The monoisotopic (exact) mass is 425 g/mol. The summed E-state index contributed by atoms with van der Waals surface area (Å²) in [6, 6.07) is 7.81. The zero-order valence-corrected chi connectivity index (χ0v) is 18.5. The Kier molecular flexibility index (Phi) is 5.99. The molecule has 3 aliphatic heterocycles. The summed E-state index contributed by atoms with van der Waals surface area (Å²) in [5, 5.41) is 2.80. The molecule has 30 heavy (non-hydrogen) atoms. The van der Waals surface area contributed by atoms with Crippen LogP contribution < -0.4 is 0 Å². The molecule has 0 N–H and O–H groups in total. The fraction of sp³-hybridized carbons (Fsp3) is 0.435. The summed E-state index contributed by atoms with van der Waals surface area (Å²) in [4.78, 5) is 34.4. The first-order valence-electron chi connectivity index (χ1n) is 10.5. The smallest absolute Gasteiger partial charge is 0.338 e. The first-order valence-corrected chi connectivity index (χ1v) is 11.3. The van der Waals surface area contributed by atoms with E-state index < -0.39 is 0 Å². The van der Waals surface area contributed by atoms with Crippen molar-refractivity contribution in [1.29, 1.82) is 0 Å². The second kappa shape index (κ2) is 8.68. The number of allylic oxidation sites excluding steroid dienone is 1. The first kappa shape index (κ1) is 20.7. The maximum Gasteiger partial charge on any atom is 0.338 e. The van der Waals surface area contributed by atoms with Crippen LogP contribution in [0, 0.1) is 6.92 Å². The Labute approximate surface area is 181 Å². The molecular weight excluding hydrogens is 398 g/mol. The van der Waals surface area contributed by atoms with Crippen molar-refractivity contribution >= 4 is 28.8 Å². The lowest BCUT2D eigenvalue weighted by Gasteiger charge is -2.36. The summed E-state index contributed by atoms with van der Waals surface area (Å²) in [6.07, 6.45) is 2.44. The normalized spacial score (nSPS) is 20.8. The van der Waals surface area contributed by atoms with E-state index in [0.717, 1.165) is 47.9 Å². The van der Waals surface area contributed by atoms with E-state index in [9.17, 15) is 9.59 Å². The molecule has 1 fully saturated rings. The molecule has 1 amide bonds. The number of nitrogens with zero attached hydrogens (tertiary/aromatic N) is 3. The van der Waals surface area contributed by atoms with Crippen LogP contribution in [0.5, 0.6) is 0 Å². The largest absolute Gasteiger partial charge is 0.463 e. The fourth-order valence-corrected chi connectivity index (χ4v) is 5.10. The summed E-state index contributed by atoms with van der Waals surface area (Å²) in [5.74, 6) is -0.224. The van der Waals surface area contributed by atoms with E-state index in [0.29, 0.717) is 24.3 Å². The molecule has 6 nitrogen and oxygen atoms in total. The van der Waals surface area contributed by atoms with Crippen molar-refractivity contribution in [2.75, 3.05) is 19.7 Å². The van der Waals surface area contributed by atoms with Gasteiger partial charge in [0.2, 0.25) is 5.91 Å². The Bertz CT molecular complexity index is 943. The highest BCUT2D eigenvalue weighted by molar-refractivity contribution is 8.16. The predicted molar refractivity (Wildman–Crippen MR) is 119 cm³/mol. The number of esters is 1. The summed E-state index contributed by atoms with van der Waals surface area (Å²) in [7, 11) is 0. The minimum absolute atomic E-state index is 0.132. The molecular formula is C23H27N3O3S. The number of carbonyl (C=O) groups excluding carboxylic acids is 2. The molecule has 3 aliphatic rings. The zero-order valence-electron chi connectivity index (χ0n) is 17.7. The Hall–Kier alpha value is -2.54. The van der Waals surface area contributed by atoms with Crippen molar-refractivity contribution in [2.24, 2.45) is 4.99 Å². The van der Waals surface area contributed by atoms with Crippen LogP contribution in [-0.2, 0) is 14.3 Å². The van der Waals surface area contributed by atoms with Gasteiger partial charge in [0.25, 0.3) is 0 Å². The van der Waals surface area contributed by atoms with Crippen molar-refractivity contribution in [2.45, 2.75) is 46.1 Å². The number of aryl methyl sites for hydroxylation is 1. The number of rotatable bonds is 5. The van der Waals surface area contributed by atoms with Crippen LogP contribution >= 0.6 is 11.8 Å². The van der Waals surface area contributed by atoms with Crippen molar-refractivity contribution in [3.8, 4) is 0 Å². The molecule has 0 aromatic heterocycles. The lowest BCUT2D eigenvalue weighted by molar-refractivity contribution is -0.139. The van der Waals surface area contributed by atoms with Gasteiger partial charge in [0.1, 0.15) is 0 Å². The van der Waals surface area contributed by atoms with E-state index >= 15 is 0 Å². The highest BCUT2D eigenvalue weighted by atomic mass is 32.2. The number of hydrogen-bond acceptors (Lipinski definition) is 6. The number of amidine groups is 1. The van der Waals surface area contributed by atoms with Crippen LogP contribution in [-0.4, -0.2) is 46.5 Å². The quantitative estimate of drug-likeness (QED) is 0.664. The van der Waals surface area contributed by atoms with Crippen LogP contribution in [0.4, 0.5) is 0 Å². The van der Waals surface area contributed by atoms with E-state index in [1.807, 2.05) is 53.3 Å². The molecule has 0 aliphatic carbocycles. The van der Waals surface area contributed by atoms with E-state index in [1.54, 1.807) is 6.92 Å². The third-order valence-corrected chi connectivity index (χ3v) is 6.57. The third kappa shape index (κ3) is 3.90. The number of hydrogen-bond donors (Lipinski definition) is 0. The molecule has 0 saturated carbocycles. The van der Waals surface area contributed by atoms with Crippen molar-refractivity contribution < 1.29 is 14.3 Å². The topological polar surface area (TPSA) is 62.2 Å². The fourth-order valence-electron chi connectivity index (χ4n) is 4.14. The minimum atomic E-state index is -0.357. The van der Waals surface area contributed by atoms with E-state index in [1.165, 1.54) is 11.8 Å². The predicted octanol–water partition coefficient (Wildman–Crippen LogP) is 4.15. The van der Waals surface area contributed by atoms with Crippen molar-refractivity contribution in [3.63, 3.8) is 0 Å². The molecule has 1 aromatic rings. The summed E-state index contributed by atoms with van der Waals surface area (Å²) in [5.41, 5.74) is 4.22. The lowest BCUT2D eigenvalue weighted by Crippen LogP contribution is -2.38. The maximum atomic E-state index is 12.9. The van der Waals surface area contributed by atoms with Gasteiger partial charge >= 0.3 is 5.97 Å². The average molecular weight is 426 g/mol. The number of ether oxygens (including phenoxy) is 1. The SMILES string of the molecule is CCOC(=O)C1=C(C)N=C2SC=C(CC(=O)N3CCCC3)N2C1c1ccc(C)cc1. The van der Waals surface area contributed by atoms with Crippen molar-refractivity contribution in [3.05, 3.63) is 57.8 Å². The molecule has 1 atom stereocenters. The lowest BCUT2D eigenvalue weighted by atomic mass is 9.93. The van der Waals surface area contributed by atoms with E-state index in [4.69, 9.17) is 4.74 Å². The van der Waals surface area contributed by atoms with Gasteiger partial charge in [0, 0.05) is 18.8 Å². The zero-order chi connectivity index (χ0) is 21.3. The molecule has 0 bridgehead atoms. The summed E-state index contributed by atoms with van der Waals surface area (Å²) in [6.45, 7) is 7.65. The van der Waals surface area contributed by atoms with E-state index in [-0.39, 0.29) is 17.9 Å². The Morgan fingerprint density at radius 1 is 1.17 bits per heavy atom. The number of benzene rings is 1. The standard InChI is InChI=1S/C23H27N3O3S/c1-4-29-22(28)20-16(3)24-23-26(21(20)17-9-7-15(2)8-10-17)18(14-30-23)13-19(27)25-11-5-6-12-25/h7-10,14,21H,4-6,11-13H2,1-3H3. The van der Waals surface area contributed by atoms with Gasteiger partial charge in [-0.1, -0.05) is 41.6 Å². The average Bonchev–Trinajstić information content (AvgIpc) is 3.38. The highest BCUT2D eigenvalue weighted by Crippen LogP contribution is 2.45. The molecule has 1 unspecified atom stereocenters. The number of aliphatic imine (C=N–C) groups is 1. The summed E-state index contributed by atoms with van der Waals surface area (Å²) >= 11 is 1.51. The third-order valence-electron chi connectivity index (χ3n) is 5.68. The molecule has 1 aromatic carbocycles. The molecule has 3 heterocycles. The molecule has 0 spiro atoms. The Balaban J connectivity index is 1.71. The van der Waals surface area contributed by atoms with Gasteiger partial charge < -0.3 is 14.5 Å². The highest BCUT2D eigenvalue weighted by Gasteiger charge is 2.41. The van der Waals surface area contributed by atoms with Gasteiger partial charge in [-0.25, -0.2) is 9.79 Å². The van der Waals surface area contributed by atoms with Crippen LogP contribution in [0.1, 0.15) is 50.3 Å². The van der Waals surface area contributed by atoms with Crippen LogP contribution in [0.3, 0.4) is 0 Å². The summed E-state index contributed by atoms with van der Waals surface area (Å²) < 4.78 is 5.38. The van der Waals surface area contributed by atoms with Gasteiger partial charge in [-0.15, -0.1) is 0 Å². The molecule has 4 rings (SSSR count). The molecule has 0 radical (unpaired) electrons. The number of carbonyl (C=O) groups is 2. The van der Waals surface area contributed by atoms with E-state index in [2.05, 4.69) is 4.99 Å². The van der Waals surface area contributed by atoms with Gasteiger partial charge in [-0.05, 0) is 44.6 Å².